The van der Waals surface area contributed by atoms with E-state index in [1.165, 1.54) is 12.3 Å². The molecule has 0 amide bonds. The fourth-order valence-electron chi connectivity index (χ4n) is 1.68. The highest BCUT2D eigenvalue weighted by Gasteiger charge is 2.38. The lowest BCUT2D eigenvalue weighted by atomic mass is 10.0. The quantitative estimate of drug-likeness (QED) is 0.912. The van der Waals surface area contributed by atoms with Crippen LogP contribution in [0.15, 0.2) is 30.5 Å². The number of aliphatic hydroxyl groups is 1. The molecule has 0 radical (unpaired) electrons. The van der Waals surface area contributed by atoms with Crippen LogP contribution in [0.25, 0.3) is 10.9 Å². The van der Waals surface area contributed by atoms with E-state index in [1.807, 2.05) is 0 Å². The summed E-state index contributed by atoms with van der Waals surface area (Å²) in [5.74, 6) is 0. The number of alkyl halides is 3. The van der Waals surface area contributed by atoms with Crippen molar-refractivity contribution in [1.82, 2.24) is 4.98 Å². The first kappa shape index (κ1) is 13.1. The van der Waals surface area contributed by atoms with Gasteiger partial charge in [-0.05, 0) is 17.7 Å². The molecule has 1 aromatic heterocycles. The number of pyridine rings is 1. The molecule has 1 atom stereocenters. The third-order valence-corrected chi connectivity index (χ3v) is 2.95. The SMILES string of the molecule is OC(Cc1c(Cl)ccc2cccnc12)C(F)(F)F. The molecule has 0 aliphatic carbocycles. The molecular weight excluding hydrogens is 267 g/mol. The summed E-state index contributed by atoms with van der Waals surface area (Å²) in [6.45, 7) is 0. The Labute approximate surface area is 106 Å². The van der Waals surface area contributed by atoms with Gasteiger partial charge in [0.15, 0.2) is 6.10 Å². The zero-order chi connectivity index (χ0) is 13.3. The van der Waals surface area contributed by atoms with E-state index in [4.69, 9.17) is 16.7 Å². The van der Waals surface area contributed by atoms with Gasteiger partial charge in [0.05, 0.1) is 5.52 Å². The third kappa shape index (κ3) is 2.57. The average Bonchev–Trinajstić information content (AvgIpc) is 2.31. The summed E-state index contributed by atoms with van der Waals surface area (Å²) in [4.78, 5) is 4.01. The lowest BCUT2D eigenvalue weighted by Crippen LogP contribution is -2.30. The number of benzene rings is 1. The second-order valence-corrected chi connectivity index (χ2v) is 4.27. The Morgan fingerprint density at radius 2 is 2.00 bits per heavy atom. The van der Waals surface area contributed by atoms with Gasteiger partial charge in [-0.3, -0.25) is 4.98 Å². The van der Waals surface area contributed by atoms with Crippen molar-refractivity contribution < 1.29 is 18.3 Å². The average molecular weight is 276 g/mol. The van der Waals surface area contributed by atoms with Crippen molar-refractivity contribution in [3.8, 4) is 0 Å². The van der Waals surface area contributed by atoms with Crippen molar-refractivity contribution in [2.75, 3.05) is 0 Å². The van der Waals surface area contributed by atoms with Crippen LogP contribution in [-0.2, 0) is 6.42 Å². The Morgan fingerprint density at radius 1 is 1.28 bits per heavy atom. The largest absolute Gasteiger partial charge is 0.414 e. The fraction of sp³-hybridized carbons (Fsp3) is 0.250. The molecule has 6 heteroatoms. The monoisotopic (exact) mass is 275 g/mol. The van der Waals surface area contributed by atoms with Gasteiger partial charge in [0.1, 0.15) is 0 Å². The van der Waals surface area contributed by atoms with Crippen LogP contribution in [0, 0.1) is 0 Å². The Hall–Kier alpha value is -1.33. The van der Waals surface area contributed by atoms with Crippen LogP contribution in [0.1, 0.15) is 5.56 Å². The smallest absolute Gasteiger partial charge is 0.383 e. The molecule has 1 N–H and O–H groups in total. The molecule has 0 saturated carbocycles. The fourth-order valence-corrected chi connectivity index (χ4v) is 1.91. The molecule has 0 spiro atoms. The van der Waals surface area contributed by atoms with E-state index in [0.717, 1.165) is 0 Å². The lowest BCUT2D eigenvalue weighted by molar-refractivity contribution is -0.202. The van der Waals surface area contributed by atoms with Crippen molar-refractivity contribution in [1.29, 1.82) is 0 Å². The number of halogens is 4. The van der Waals surface area contributed by atoms with Gasteiger partial charge in [-0.25, -0.2) is 0 Å². The zero-order valence-electron chi connectivity index (χ0n) is 9.08. The first-order chi connectivity index (χ1) is 8.39. The van der Waals surface area contributed by atoms with Gasteiger partial charge in [-0.15, -0.1) is 0 Å². The summed E-state index contributed by atoms with van der Waals surface area (Å²) in [5, 5.41) is 9.97. The Morgan fingerprint density at radius 3 is 2.67 bits per heavy atom. The lowest BCUT2D eigenvalue weighted by Gasteiger charge is -2.16. The molecule has 96 valence electrons. The van der Waals surface area contributed by atoms with Gasteiger partial charge in [-0.2, -0.15) is 13.2 Å². The van der Waals surface area contributed by atoms with E-state index in [1.54, 1.807) is 18.2 Å². The van der Waals surface area contributed by atoms with E-state index in [2.05, 4.69) is 4.98 Å². The number of hydrogen-bond donors (Lipinski definition) is 1. The molecule has 2 aromatic rings. The number of aliphatic hydroxyl groups excluding tert-OH is 1. The molecule has 0 bridgehead atoms. The summed E-state index contributed by atoms with van der Waals surface area (Å²) in [6.07, 6.45) is -6.23. The van der Waals surface area contributed by atoms with Crippen LogP contribution in [0.2, 0.25) is 5.02 Å². The van der Waals surface area contributed by atoms with Crippen LogP contribution in [0.3, 0.4) is 0 Å². The second-order valence-electron chi connectivity index (χ2n) is 3.86. The molecule has 0 aliphatic heterocycles. The van der Waals surface area contributed by atoms with Crippen LogP contribution in [0.4, 0.5) is 13.2 Å². The van der Waals surface area contributed by atoms with Gasteiger partial charge in [0.25, 0.3) is 0 Å². The maximum atomic E-state index is 12.4. The van der Waals surface area contributed by atoms with Gasteiger partial charge in [0.2, 0.25) is 0 Å². The highest BCUT2D eigenvalue weighted by Crippen LogP contribution is 2.29. The summed E-state index contributed by atoms with van der Waals surface area (Å²) < 4.78 is 37.1. The Kier molecular flexibility index (Phi) is 3.45. The summed E-state index contributed by atoms with van der Waals surface area (Å²) >= 11 is 5.88. The molecule has 0 aliphatic rings. The van der Waals surface area contributed by atoms with E-state index in [-0.39, 0.29) is 10.6 Å². The molecule has 2 rings (SSSR count). The topological polar surface area (TPSA) is 33.1 Å². The maximum absolute atomic E-state index is 12.4. The minimum absolute atomic E-state index is 0.171. The van der Waals surface area contributed by atoms with Crippen LogP contribution < -0.4 is 0 Å². The Balaban J connectivity index is 2.47. The molecule has 0 saturated heterocycles. The third-order valence-electron chi connectivity index (χ3n) is 2.60. The van der Waals surface area contributed by atoms with E-state index >= 15 is 0 Å². The highest BCUT2D eigenvalue weighted by atomic mass is 35.5. The van der Waals surface area contributed by atoms with Gasteiger partial charge < -0.3 is 5.11 Å². The maximum Gasteiger partial charge on any atom is 0.414 e. The van der Waals surface area contributed by atoms with Crippen molar-refractivity contribution in [3.63, 3.8) is 0 Å². The van der Waals surface area contributed by atoms with Gasteiger partial charge in [-0.1, -0.05) is 23.7 Å². The Bertz CT molecular complexity index is 571. The summed E-state index contributed by atoms with van der Waals surface area (Å²) in [5.41, 5.74) is 0.591. The molecule has 18 heavy (non-hydrogen) atoms. The minimum atomic E-state index is -4.67. The molecule has 2 nitrogen and oxygen atoms in total. The number of rotatable bonds is 2. The first-order valence-corrected chi connectivity index (χ1v) is 5.54. The van der Waals surface area contributed by atoms with Crippen LogP contribution in [-0.4, -0.2) is 22.4 Å². The van der Waals surface area contributed by atoms with Crippen LogP contribution in [0.5, 0.6) is 0 Å². The molecule has 0 fully saturated rings. The number of hydrogen-bond acceptors (Lipinski definition) is 2. The molecule has 1 unspecified atom stereocenters. The van der Waals surface area contributed by atoms with Crippen molar-refractivity contribution in [2.45, 2.75) is 18.7 Å². The van der Waals surface area contributed by atoms with Crippen molar-refractivity contribution in [3.05, 3.63) is 41.0 Å². The first-order valence-electron chi connectivity index (χ1n) is 5.16. The van der Waals surface area contributed by atoms with Crippen molar-refractivity contribution >= 4 is 22.5 Å². The number of nitrogens with zero attached hydrogens (tertiary/aromatic N) is 1. The second kappa shape index (κ2) is 4.74. The standard InChI is InChI=1S/C12H9ClF3NO/c13-9-4-3-7-2-1-5-17-11(7)8(9)6-10(18)12(14,15)16/h1-5,10,18H,6H2. The summed E-state index contributed by atoms with van der Waals surface area (Å²) in [7, 11) is 0. The van der Waals surface area contributed by atoms with Gasteiger partial charge >= 0.3 is 6.18 Å². The molecular formula is C12H9ClF3NO. The normalized spacial score (nSPS) is 13.8. The minimum Gasteiger partial charge on any atom is -0.383 e. The van der Waals surface area contributed by atoms with Crippen molar-refractivity contribution in [2.24, 2.45) is 0 Å². The number of aromatic nitrogens is 1. The number of fused-ring (bicyclic) bond motifs is 1. The molecule has 1 heterocycles. The van der Waals surface area contributed by atoms with E-state index in [0.29, 0.717) is 10.9 Å². The summed E-state index contributed by atoms with van der Waals surface area (Å²) in [6, 6.07) is 6.58. The predicted octanol–water partition coefficient (Wildman–Crippen LogP) is 3.35. The zero-order valence-corrected chi connectivity index (χ0v) is 9.83. The molecule has 1 aromatic carbocycles. The predicted molar refractivity (Wildman–Crippen MR) is 62.5 cm³/mol. The van der Waals surface area contributed by atoms with E-state index in [9.17, 15) is 13.2 Å². The van der Waals surface area contributed by atoms with Crippen LogP contribution >= 0.6 is 11.6 Å². The highest BCUT2D eigenvalue weighted by molar-refractivity contribution is 6.32. The van der Waals surface area contributed by atoms with Gasteiger partial charge in [0, 0.05) is 23.0 Å². The van der Waals surface area contributed by atoms with E-state index < -0.39 is 18.7 Å².